The van der Waals surface area contributed by atoms with Crippen molar-refractivity contribution in [1.29, 1.82) is 0 Å². The van der Waals surface area contributed by atoms with Gasteiger partial charge in [-0.25, -0.2) is 4.79 Å². The SMILES string of the molecule is CCC(C)(C)OCCNC(=O)N1C[C@@H]2CCC[C@@]2(C(=O)O)C1. The number of hydrogen-bond acceptors (Lipinski definition) is 3. The van der Waals surface area contributed by atoms with Crippen LogP contribution >= 0.6 is 0 Å². The van der Waals surface area contributed by atoms with E-state index in [1.165, 1.54) is 0 Å². The summed E-state index contributed by atoms with van der Waals surface area (Å²) in [5, 5.41) is 12.4. The minimum absolute atomic E-state index is 0.103. The molecule has 1 saturated carbocycles. The number of carboxylic acid groups (broad SMARTS) is 1. The Morgan fingerprint density at radius 2 is 2.18 bits per heavy atom. The van der Waals surface area contributed by atoms with Crippen molar-refractivity contribution in [3.05, 3.63) is 0 Å². The molecule has 2 atom stereocenters. The number of amides is 2. The number of aliphatic carboxylic acids is 1. The van der Waals surface area contributed by atoms with Gasteiger partial charge in [-0.3, -0.25) is 4.79 Å². The number of hydrogen-bond donors (Lipinski definition) is 2. The first kappa shape index (κ1) is 17.1. The van der Waals surface area contributed by atoms with Crippen LogP contribution < -0.4 is 5.32 Å². The maximum absolute atomic E-state index is 12.2. The summed E-state index contributed by atoms with van der Waals surface area (Å²) in [6, 6.07) is -0.173. The van der Waals surface area contributed by atoms with Gasteiger partial charge in [0.1, 0.15) is 0 Å². The third-order valence-corrected chi connectivity index (χ3v) is 5.31. The van der Waals surface area contributed by atoms with Crippen molar-refractivity contribution < 1.29 is 19.4 Å². The number of carbonyl (C=O) groups excluding carboxylic acids is 1. The van der Waals surface area contributed by atoms with Crippen LogP contribution in [0.5, 0.6) is 0 Å². The predicted molar refractivity (Wildman–Crippen MR) is 82.7 cm³/mol. The van der Waals surface area contributed by atoms with E-state index in [-0.39, 0.29) is 17.6 Å². The van der Waals surface area contributed by atoms with Gasteiger partial charge in [0.2, 0.25) is 0 Å². The number of nitrogens with one attached hydrogen (secondary N) is 1. The number of carboxylic acids is 1. The van der Waals surface area contributed by atoms with E-state index in [4.69, 9.17) is 4.74 Å². The van der Waals surface area contributed by atoms with Crippen molar-refractivity contribution in [2.45, 2.75) is 52.1 Å². The van der Waals surface area contributed by atoms with Crippen LogP contribution in [0.15, 0.2) is 0 Å². The molecule has 6 heteroatoms. The van der Waals surface area contributed by atoms with E-state index in [2.05, 4.69) is 12.2 Å². The average Bonchev–Trinajstić information content (AvgIpc) is 3.01. The number of urea groups is 1. The smallest absolute Gasteiger partial charge is 0.317 e. The molecule has 2 amide bonds. The normalized spacial score (nSPS) is 27.8. The molecule has 2 fully saturated rings. The van der Waals surface area contributed by atoms with E-state index >= 15 is 0 Å². The van der Waals surface area contributed by atoms with Crippen molar-refractivity contribution in [3.63, 3.8) is 0 Å². The number of fused-ring (bicyclic) bond motifs is 1. The Hall–Kier alpha value is -1.30. The molecule has 2 N–H and O–H groups in total. The van der Waals surface area contributed by atoms with Gasteiger partial charge in [-0.15, -0.1) is 0 Å². The van der Waals surface area contributed by atoms with Gasteiger partial charge in [0.25, 0.3) is 0 Å². The molecule has 0 aromatic rings. The molecule has 1 saturated heterocycles. The number of carbonyl (C=O) groups is 2. The maximum atomic E-state index is 12.2. The highest BCUT2D eigenvalue weighted by atomic mass is 16.5. The molecule has 2 rings (SSSR count). The van der Waals surface area contributed by atoms with Crippen LogP contribution in [-0.4, -0.2) is 53.8 Å². The summed E-state index contributed by atoms with van der Waals surface area (Å²) in [5.74, 6) is -0.649. The summed E-state index contributed by atoms with van der Waals surface area (Å²) in [6.07, 6.45) is 3.46. The Morgan fingerprint density at radius 1 is 1.45 bits per heavy atom. The summed E-state index contributed by atoms with van der Waals surface area (Å²) < 4.78 is 5.70. The Labute approximate surface area is 132 Å². The molecule has 126 valence electrons. The summed E-state index contributed by atoms with van der Waals surface area (Å²) in [4.78, 5) is 25.5. The average molecular weight is 312 g/mol. The Balaban J connectivity index is 1.79. The third kappa shape index (κ3) is 3.37. The molecule has 0 spiro atoms. The van der Waals surface area contributed by atoms with E-state index in [0.717, 1.165) is 19.3 Å². The fourth-order valence-corrected chi connectivity index (χ4v) is 3.49. The highest BCUT2D eigenvalue weighted by molar-refractivity contribution is 5.80. The van der Waals surface area contributed by atoms with Crippen molar-refractivity contribution in [3.8, 4) is 0 Å². The topological polar surface area (TPSA) is 78.9 Å². The lowest BCUT2D eigenvalue weighted by atomic mass is 9.81. The van der Waals surface area contributed by atoms with Crippen molar-refractivity contribution in [1.82, 2.24) is 10.2 Å². The Morgan fingerprint density at radius 3 is 2.77 bits per heavy atom. The van der Waals surface area contributed by atoms with Crippen molar-refractivity contribution in [2.24, 2.45) is 11.3 Å². The van der Waals surface area contributed by atoms with Crippen molar-refractivity contribution in [2.75, 3.05) is 26.2 Å². The number of ether oxygens (including phenoxy) is 1. The second-order valence-electron chi connectivity index (χ2n) is 7.12. The van der Waals surface area contributed by atoms with E-state index in [1.807, 2.05) is 13.8 Å². The van der Waals surface area contributed by atoms with Gasteiger partial charge in [-0.05, 0) is 39.0 Å². The van der Waals surface area contributed by atoms with E-state index in [0.29, 0.717) is 32.7 Å². The first-order valence-electron chi connectivity index (χ1n) is 8.21. The lowest BCUT2D eigenvalue weighted by Crippen LogP contribution is -2.43. The molecule has 1 heterocycles. The molecule has 6 nitrogen and oxygen atoms in total. The fourth-order valence-electron chi connectivity index (χ4n) is 3.49. The second kappa shape index (κ2) is 6.44. The van der Waals surface area contributed by atoms with Gasteiger partial charge in [0.15, 0.2) is 0 Å². The van der Waals surface area contributed by atoms with Gasteiger partial charge >= 0.3 is 12.0 Å². The largest absolute Gasteiger partial charge is 0.481 e. The number of nitrogens with zero attached hydrogens (tertiary/aromatic N) is 1. The fraction of sp³-hybridized carbons (Fsp3) is 0.875. The van der Waals surface area contributed by atoms with Gasteiger partial charge in [-0.2, -0.15) is 0 Å². The molecule has 1 aliphatic heterocycles. The first-order valence-corrected chi connectivity index (χ1v) is 8.21. The lowest BCUT2D eigenvalue weighted by Gasteiger charge is -2.25. The van der Waals surface area contributed by atoms with Crippen molar-refractivity contribution >= 4 is 12.0 Å². The zero-order chi connectivity index (χ0) is 16.4. The van der Waals surface area contributed by atoms with Crippen LogP contribution in [0.4, 0.5) is 4.79 Å². The second-order valence-corrected chi connectivity index (χ2v) is 7.12. The molecule has 2 aliphatic rings. The summed E-state index contributed by atoms with van der Waals surface area (Å²) in [6.45, 7) is 7.91. The molecule has 0 aromatic heterocycles. The molecule has 0 aromatic carbocycles. The van der Waals surface area contributed by atoms with Crippen LogP contribution in [0.25, 0.3) is 0 Å². The van der Waals surface area contributed by atoms with Crippen LogP contribution in [0.2, 0.25) is 0 Å². The van der Waals surface area contributed by atoms with Crippen LogP contribution in [0.3, 0.4) is 0 Å². The standard InChI is InChI=1S/C16H28N2O4/c1-4-15(2,3)22-9-8-17-14(21)18-10-12-6-5-7-16(12,11-18)13(19)20/h12H,4-11H2,1-3H3,(H,17,21)(H,19,20)/t12-,16+/m0/s1. The summed E-state index contributed by atoms with van der Waals surface area (Å²) in [5.41, 5.74) is -0.888. The zero-order valence-corrected chi connectivity index (χ0v) is 13.9. The molecular weight excluding hydrogens is 284 g/mol. The first-order chi connectivity index (χ1) is 10.3. The van der Waals surface area contributed by atoms with Crippen LogP contribution in [-0.2, 0) is 9.53 Å². The third-order valence-electron chi connectivity index (χ3n) is 5.31. The van der Waals surface area contributed by atoms with Gasteiger partial charge in [0.05, 0.1) is 17.6 Å². The Bertz CT molecular complexity index is 438. The highest BCUT2D eigenvalue weighted by Crippen LogP contribution is 2.48. The predicted octanol–water partition coefficient (Wildman–Crippen LogP) is 2.09. The molecular formula is C16H28N2O4. The summed E-state index contributed by atoms with van der Waals surface area (Å²) in [7, 11) is 0. The molecule has 22 heavy (non-hydrogen) atoms. The minimum Gasteiger partial charge on any atom is -0.481 e. The van der Waals surface area contributed by atoms with Crippen LogP contribution in [0, 0.1) is 11.3 Å². The Kier molecular flexibility index (Phi) is 5.00. The lowest BCUT2D eigenvalue weighted by molar-refractivity contribution is -0.149. The molecule has 1 aliphatic carbocycles. The molecule has 0 bridgehead atoms. The van der Waals surface area contributed by atoms with Gasteiger partial charge < -0.3 is 20.1 Å². The van der Waals surface area contributed by atoms with Gasteiger partial charge in [-0.1, -0.05) is 13.3 Å². The van der Waals surface area contributed by atoms with Crippen LogP contribution in [0.1, 0.15) is 46.5 Å². The maximum Gasteiger partial charge on any atom is 0.317 e. The number of rotatable bonds is 6. The van der Waals surface area contributed by atoms with E-state index in [1.54, 1.807) is 4.90 Å². The monoisotopic (exact) mass is 312 g/mol. The quantitative estimate of drug-likeness (QED) is 0.736. The number of likely N-dealkylation sites (tertiary alicyclic amines) is 1. The van der Waals surface area contributed by atoms with E-state index in [9.17, 15) is 14.7 Å². The molecule has 0 unspecified atom stereocenters. The zero-order valence-electron chi connectivity index (χ0n) is 13.9. The minimum atomic E-state index is -0.752. The summed E-state index contributed by atoms with van der Waals surface area (Å²) >= 11 is 0. The van der Waals surface area contributed by atoms with Gasteiger partial charge in [0, 0.05) is 19.6 Å². The van der Waals surface area contributed by atoms with E-state index < -0.39 is 11.4 Å². The molecule has 0 radical (unpaired) electrons. The highest BCUT2D eigenvalue weighted by Gasteiger charge is 2.55.